The number of benzene rings is 2. The van der Waals surface area contributed by atoms with Gasteiger partial charge in [-0.25, -0.2) is 18.4 Å². The van der Waals surface area contributed by atoms with Gasteiger partial charge in [0.2, 0.25) is 0 Å². The zero-order valence-electron chi connectivity index (χ0n) is 23.7. The molecule has 2 aromatic carbocycles. The van der Waals surface area contributed by atoms with Gasteiger partial charge >= 0.3 is 0 Å². The van der Waals surface area contributed by atoms with Crippen molar-refractivity contribution in [3.05, 3.63) is 92.8 Å². The minimum atomic E-state index is -1.00. The normalized spacial score (nSPS) is 12.1. The molecule has 0 saturated heterocycles. The average molecular weight is 557 g/mol. The summed E-state index contributed by atoms with van der Waals surface area (Å²) in [6.45, 7) is 9.56. The predicted molar refractivity (Wildman–Crippen MR) is 154 cm³/mol. The largest absolute Gasteiger partial charge is 0.341 e. The smallest absolute Gasteiger partial charge is 0.280 e. The molecule has 1 unspecified atom stereocenters. The van der Waals surface area contributed by atoms with E-state index in [0.717, 1.165) is 45.5 Å². The van der Waals surface area contributed by atoms with E-state index in [4.69, 9.17) is 0 Å². The number of aromatic nitrogens is 5. The van der Waals surface area contributed by atoms with Crippen molar-refractivity contribution < 1.29 is 13.6 Å². The lowest BCUT2D eigenvalue weighted by atomic mass is 10.1. The maximum Gasteiger partial charge on any atom is 0.280 e. The molecule has 0 bridgehead atoms. The second kappa shape index (κ2) is 10.7. The summed E-state index contributed by atoms with van der Waals surface area (Å²) in [5.41, 5.74) is 3.71. The van der Waals surface area contributed by atoms with Gasteiger partial charge < -0.3 is 9.88 Å². The summed E-state index contributed by atoms with van der Waals surface area (Å²) in [6.07, 6.45) is 1.78. The lowest BCUT2D eigenvalue weighted by Gasteiger charge is -2.17. The number of hydrogen-bond acceptors (Lipinski definition) is 4. The third-order valence-corrected chi connectivity index (χ3v) is 7.39. The Morgan fingerprint density at radius 1 is 1.05 bits per heavy atom. The van der Waals surface area contributed by atoms with E-state index < -0.39 is 29.1 Å². The van der Waals surface area contributed by atoms with Crippen LogP contribution in [0.5, 0.6) is 0 Å². The third kappa shape index (κ3) is 4.88. The molecule has 0 spiro atoms. The number of carbonyl (C=O) groups is 1. The lowest BCUT2D eigenvalue weighted by Crippen LogP contribution is -2.32. The first-order valence-electron chi connectivity index (χ1n) is 13.3. The SMILES string of the molecule is Cc1nc2cnc3ccc(C#CCNC(=O)c4c(C)n(C)n(C(C)c5ccc(F)c(F)c5)c4=O)cc3c2n1C(C)C. The monoisotopic (exact) mass is 556 g/mol. The molecule has 10 heteroatoms. The molecular weight excluding hydrogens is 526 g/mol. The van der Waals surface area contributed by atoms with E-state index in [1.165, 1.54) is 10.7 Å². The van der Waals surface area contributed by atoms with E-state index in [2.05, 4.69) is 45.5 Å². The van der Waals surface area contributed by atoms with Gasteiger partial charge in [-0.1, -0.05) is 17.9 Å². The van der Waals surface area contributed by atoms with Gasteiger partial charge in [-0.15, -0.1) is 0 Å². The van der Waals surface area contributed by atoms with Crippen LogP contribution in [0.1, 0.15) is 65.9 Å². The van der Waals surface area contributed by atoms with Gasteiger partial charge in [0, 0.05) is 29.7 Å². The molecule has 210 valence electrons. The topological polar surface area (TPSA) is 86.7 Å². The summed E-state index contributed by atoms with van der Waals surface area (Å²) in [5, 5.41) is 3.65. The second-order valence-electron chi connectivity index (χ2n) is 10.3. The van der Waals surface area contributed by atoms with Gasteiger partial charge in [-0.05, 0) is 70.5 Å². The summed E-state index contributed by atoms with van der Waals surface area (Å²) in [4.78, 5) is 35.4. The van der Waals surface area contributed by atoms with Crippen molar-refractivity contribution in [3.8, 4) is 11.8 Å². The van der Waals surface area contributed by atoms with Crippen molar-refractivity contribution in [2.24, 2.45) is 7.05 Å². The van der Waals surface area contributed by atoms with E-state index in [-0.39, 0.29) is 18.2 Å². The van der Waals surface area contributed by atoms with Gasteiger partial charge in [-0.3, -0.25) is 19.3 Å². The molecular formula is C31H30F2N6O2. The fourth-order valence-electron chi connectivity index (χ4n) is 5.30. The van der Waals surface area contributed by atoms with Crippen molar-refractivity contribution in [3.63, 3.8) is 0 Å². The molecule has 0 saturated carbocycles. The summed E-state index contributed by atoms with van der Waals surface area (Å²) in [6, 6.07) is 8.83. The number of amides is 1. The number of nitrogens with one attached hydrogen (secondary N) is 1. The number of pyridine rings is 1. The molecule has 1 atom stereocenters. The fraction of sp³-hybridized carbons (Fsp3) is 0.290. The Bertz CT molecular complexity index is 1960. The Morgan fingerprint density at radius 3 is 2.51 bits per heavy atom. The number of rotatable bonds is 5. The van der Waals surface area contributed by atoms with Crippen LogP contribution >= 0.6 is 0 Å². The van der Waals surface area contributed by atoms with E-state index in [9.17, 15) is 18.4 Å². The summed E-state index contributed by atoms with van der Waals surface area (Å²) < 4.78 is 32.3. The highest BCUT2D eigenvalue weighted by atomic mass is 19.2. The van der Waals surface area contributed by atoms with Crippen molar-refractivity contribution in [2.45, 2.75) is 46.7 Å². The van der Waals surface area contributed by atoms with Crippen molar-refractivity contribution in [2.75, 3.05) is 6.54 Å². The standard InChI is InChI=1S/C31H30F2N6O2/c1-17(2)38-20(5)36-27-16-35-26-12-9-21(14-23(26)29(27)38)8-7-13-34-30(40)28-19(4)37(6)39(31(28)41)18(3)22-10-11-24(32)25(33)15-22/h9-12,14-18H,13H2,1-6H3,(H,34,40). The highest BCUT2D eigenvalue weighted by Gasteiger charge is 2.24. The predicted octanol–water partition coefficient (Wildman–Crippen LogP) is 4.95. The van der Waals surface area contributed by atoms with E-state index >= 15 is 0 Å². The maximum atomic E-state index is 13.8. The van der Waals surface area contributed by atoms with Gasteiger partial charge in [0.1, 0.15) is 16.9 Å². The number of hydrogen-bond donors (Lipinski definition) is 1. The van der Waals surface area contributed by atoms with Gasteiger partial charge in [0.15, 0.2) is 11.6 Å². The van der Waals surface area contributed by atoms with Crippen LogP contribution in [-0.4, -0.2) is 36.4 Å². The highest BCUT2D eigenvalue weighted by molar-refractivity contribution is 6.03. The van der Waals surface area contributed by atoms with Crippen LogP contribution in [0.2, 0.25) is 0 Å². The first kappa shape index (κ1) is 27.8. The van der Waals surface area contributed by atoms with Crippen LogP contribution in [0.4, 0.5) is 8.78 Å². The molecule has 0 aliphatic heterocycles. The minimum Gasteiger partial charge on any atom is -0.341 e. The molecule has 3 heterocycles. The number of halogens is 2. The summed E-state index contributed by atoms with van der Waals surface area (Å²) >= 11 is 0. The molecule has 0 radical (unpaired) electrons. The molecule has 1 amide bonds. The Morgan fingerprint density at radius 2 is 1.80 bits per heavy atom. The van der Waals surface area contributed by atoms with Crippen LogP contribution in [0.3, 0.4) is 0 Å². The van der Waals surface area contributed by atoms with Crippen LogP contribution in [0.25, 0.3) is 21.9 Å². The lowest BCUT2D eigenvalue weighted by molar-refractivity contribution is 0.0956. The van der Waals surface area contributed by atoms with Gasteiger partial charge in [0.25, 0.3) is 11.5 Å². The molecule has 1 N–H and O–H groups in total. The van der Waals surface area contributed by atoms with E-state index in [1.807, 2.05) is 25.1 Å². The first-order chi connectivity index (χ1) is 19.5. The van der Waals surface area contributed by atoms with Crippen LogP contribution in [0, 0.1) is 37.3 Å². The first-order valence-corrected chi connectivity index (χ1v) is 13.3. The minimum absolute atomic E-state index is 0.0227. The molecule has 5 aromatic rings. The van der Waals surface area contributed by atoms with Gasteiger partial charge in [-0.2, -0.15) is 0 Å². The number of carbonyl (C=O) groups excluding carboxylic acids is 1. The molecule has 41 heavy (non-hydrogen) atoms. The zero-order chi connectivity index (χ0) is 29.6. The number of fused-ring (bicyclic) bond motifs is 3. The Hall–Kier alpha value is -4.78. The second-order valence-corrected chi connectivity index (χ2v) is 10.3. The van der Waals surface area contributed by atoms with Crippen LogP contribution < -0.4 is 10.9 Å². The maximum absolute atomic E-state index is 13.8. The number of nitrogens with zero attached hydrogens (tertiary/aromatic N) is 5. The Kier molecular flexibility index (Phi) is 7.22. The third-order valence-electron chi connectivity index (χ3n) is 7.39. The average Bonchev–Trinajstić information content (AvgIpc) is 3.39. The zero-order valence-corrected chi connectivity index (χ0v) is 23.7. The van der Waals surface area contributed by atoms with E-state index in [0.29, 0.717) is 11.3 Å². The van der Waals surface area contributed by atoms with Crippen LogP contribution in [-0.2, 0) is 7.05 Å². The Balaban J connectivity index is 1.37. The Labute approximate surface area is 235 Å². The number of imidazole rings is 1. The van der Waals surface area contributed by atoms with Gasteiger partial charge in [0.05, 0.1) is 29.8 Å². The highest BCUT2D eigenvalue weighted by Crippen LogP contribution is 2.28. The quantitative estimate of drug-likeness (QED) is 0.311. The summed E-state index contributed by atoms with van der Waals surface area (Å²) in [5.74, 6) is 4.43. The summed E-state index contributed by atoms with van der Waals surface area (Å²) in [7, 11) is 1.64. The van der Waals surface area contributed by atoms with E-state index in [1.54, 1.807) is 31.8 Å². The molecule has 5 rings (SSSR count). The molecule has 8 nitrogen and oxygen atoms in total. The van der Waals surface area contributed by atoms with Crippen molar-refractivity contribution in [1.82, 2.24) is 29.2 Å². The van der Waals surface area contributed by atoms with Crippen LogP contribution in [0.15, 0.2) is 47.4 Å². The molecule has 0 aliphatic carbocycles. The number of aryl methyl sites for hydroxylation is 1. The fourth-order valence-corrected chi connectivity index (χ4v) is 5.30. The molecule has 0 aliphatic rings. The molecule has 0 fully saturated rings. The molecule has 3 aromatic heterocycles. The van der Waals surface area contributed by atoms with Crippen molar-refractivity contribution >= 4 is 27.8 Å². The van der Waals surface area contributed by atoms with Crippen molar-refractivity contribution in [1.29, 1.82) is 0 Å².